The Balaban J connectivity index is 2.33. The van der Waals surface area contributed by atoms with E-state index in [2.05, 4.69) is 15.9 Å². The van der Waals surface area contributed by atoms with Crippen LogP contribution in [0.3, 0.4) is 0 Å². The predicted octanol–water partition coefficient (Wildman–Crippen LogP) is 3.64. The molecule has 0 saturated carbocycles. The van der Waals surface area contributed by atoms with Gasteiger partial charge in [-0.05, 0) is 41.1 Å². The van der Waals surface area contributed by atoms with Gasteiger partial charge in [0.2, 0.25) is 5.78 Å². The fourth-order valence-corrected chi connectivity index (χ4v) is 2.49. The number of ketones is 1. The van der Waals surface area contributed by atoms with Crippen molar-refractivity contribution in [2.24, 2.45) is 0 Å². The van der Waals surface area contributed by atoms with Crippen LogP contribution in [0, 0.1) is 6.92 Å². The quantitative estimate of drug-likeness (QED) is 0.780. The Labute approximate surface area is 93.7 Å². The second-order valence-electron chi connectivity index (χ2n) is 2.88. The summed E-state index contributed by atoms with van der Waals surface area (Å²) in [7, 11) is 0. The standard InChI is InChI=1S/C10H7BrO2S/c1-6-4-7(5-13-6)10(12)8-2-3-9(11)14-8/h2-5H,1H3. The van der Waals surface area contributed by atoms with E-state index in [0.717, 1.165) is 14.4 Å². The maximum atomic E-state index is 11.8. The molecule has 2 nitrogen and oxygen atoms in total. The summed E-state index contributed by atoms with van der Waals surface area (Å²) in [5.41, 5.74) is 0.608. The first-order valence-corrected chi connectivity index (χ1v) is 5.63. The first-order chi connectivity index (χ1) is 6.66. The monoisotopic (exact) mass is 270 g/mol. The van der Waals surface area contributed by atoms with E-state index in [1.54, 1.807) is 12.1 Å². The average Bonchev–Trinajstić information content (AvgIpc) is 2.73. The number of rotatable bonds is 2. The Hall–Kier alpha value is -0.870. The van der Waals surface area contributed by atoms with E-state index in [1.165, 1.54) is 17.6 Å². The number of hydrogen-bond donors (Lipinski definition) is 0. The van der Waals surface area contributed by atoms with Crippen molar-refractivity contribution in [1.82, 2.24) is 0 Å². The van der Waals surface area contributed by atoms with E-state index in [1.807, 2.05) is 13.0 Å². The summed E-state index contributed by atoms with van der Waals surface area (Å²) in [4.78, 5) is 12.5. The molecule has 4 heteroatoms. The van der Waals surface area contributed by atoms with Crippen LogP contribution in [-0.2, 0) is 0 Å². The lowest BCUT2D eigenvalue weighted by molar-refractivity contribution is 0.104. The highest BCUT2D eigenvalue weighted by Gasteiger charge is 2.13. The van der Waals surface area contributed by atoms with Gasteiger partial charge < -0.3 is 4.42 Å². The van der Waals surface area contributed by atoms with Crippen molar-refractivity contribution >= 4 is 33.0 Å². The summed E-state index contributed by atoms with van der Waals surface area (Å²) in [5, 5.41) is 0. The predicted molar refractivity (Wildman–Crippen MR) is 58.9 cm³/mol. The van der Waals surface area contributed by atoms with E-state index < -0.39 is 0 Å². The summed E-state index contributed by atoms with van der Waals surface area (Å²) >= 11 is 4.75. The fraction of sp³-hybridized carbons (Fsp3) is 0.100. The molecule has 0 bridgehead atoms. The summed E-state index contributed by atoms with van der Waals surface area (Å²) in [5.74, 6) is 0.765. The number of furan rings is 1. The minimum atomic E-state index is 0.0116. The van der Waals surface area contributed by atoms with Gasteiger partial charge in [0.25, 0.3) is 0 Å². The number of carbonyl (C=O) groups excluding carboxylic acids is 1. The maximum absolute atomic E-state index is 11.8. The van der Waals surface area contributed by atoms with Gasteiger partial charge >= 0.3 is 0 Å². The van der Waals surface area contributed by atoms with Gasteiger partial charge in [-0.25, -0.2) is 0 Å². The summed E-state index contributed by atoms with van der Waals surface area (Å²) in [6, 6.07) is 5.42. The second kappa shape index (κ2) is 3.71. The van der Waals surface area contributed by atoms with Crippen molar-refractivity contribution < 1.29 is 9.21 Å². The third-order valence-corrected chi connectivity index (χ3v) is 3.41. The zero-order valence-electron chi connectivity index (χ0n) is 7.41. The first kappa shape index (κ1) is 9.68. The van der Waals surface area contributed by atoms with Crippen LogP contribution in [0.5, 0.6) is 0 Å². The molecular formula is C10H7BrO2S. The molecule has 2 heterocycles. The average molecular weight is 271 g/mol. The number of thiophene rings is 1. The van der Waals surface area contributed by atoms with Crippen LogP contribution < -0.4 is 0 Å². The molecule has 0 aromatic carbocycles. The molecular weight excluding hydrogens is 264 g/mol. The van der Waals surface area contributed by atoms with Crippen LogP contribution in [0.4, 0.5) is 0 Å². The van der Waals surface area contributed by atoms with Gasteiger partial charge in [-0.2, -0.15) is 0 Å². The highest BCUT2D eigenvalue weighted by atomic mass is 79.9. The van der Waals surface area contributed by atoms with Crippen molar-refractivity contribution in [3.63, 3.8) is 0 Å². The van der Waals surface area contributed by atoms with Crippen molar-refractivity contribution in [2.45, 2.75) is 6.92 Å². The topological polar surface area (TPSA) is 30.2 Å². The fourth-order valence-electron chi connectivity index (χ4n) is 1.14. The van der Waals surface area contributed by atoms with Crippen LogP contribution in [0.1, 0.15) is 21.0 Å². The van der Waals surface area contributed by atoms with Crippen molar-refractivity contribution in [2.75, 3.05) is 0 Å². The molecule has 14 heavy (non-hydrogen) atoms. The molecule has 0 unspecified atom stereocenters. The number of hydrogen-bond acceptors (Lipinski definition) is 3. The summed E-state index contributed by atoms with van der Waals surface area (Å²) in [6.07, 6.45) is 1.49. The van der Waals surface area contributed by atoms with Gasteiger partial charge in [0, 0.05) is 0 Å². The smallest absolute Gasteiger partial charge is 0.206 e. The van der Waals surface area contributed by atoms with Gasteiger partial charge in [-0.15, -0.1) is 11.3 Å². The Bertz CT molecular complexity index is 428. The number of carbonyl (C=O) groups is 1. The van der Waals surface area contributed by atoms with E-state index in [0.29, 0.717) is 5.56 Å². The van der Waals surface area contributed by atoms with Gasteiger partial charge in [-0.3, -0.25) is 4.79 Å². The van der Waals surface area contributed by atoms with Gasteiger partial charge in [-0.1, -0.05) is 0 Å². The van der Waals surface area contributed by atoms with Crippen LogP contribution >= 0.6 is 27.3 Å². The minimum Gasteiger partial charge on any atom is -0.469 e. The molecule has 2 aromatic rings. The molecule has 0 saturated heterocycles. The van der Waals surface area contributed by atoms with Crippen LogP contribution in [0.25, 0.3) is 0 Å². The van der Waals surface area contributed by atoms with Gasteiger partial charge in [0.05, 0.1) is 14.2 Å². The minimum absolute atomic E-state index is 0.0116. The SMILES string of the molecule is Cc1cc(C(=O)c2ccc(Br)s2)co1. The molecule has 0 radical (unpaired) electrons. The highest BCUT2D eigenvalue weighted by Crippen LogP contribution is 2.24. The third kappa shape index (κ3) is 1.81. The van der Waals surface area contributed by atoms with Crippen LogP contribution in [-0.4, -0.2) is 5.78 Å². The van der Waals surface area contributed by atoms with Crippen molar-refractivity contribution in [1.29, 1.82) is 0 Å². The Kier molecular flexibility index (Phi) is 2.56. The summed E-state index contributed by atoms with van der Waals surface area (Å²) < 4.78 is 6.05. The van der Waals surface area contributed by atoms with Crippen LogP contribution in [0.2, 0.25) is 0 Å². The molecule has 0 amide bonds. The van der Waals surface area contributed by atoms with E-state index in [9.17, 15) is 4.79 Å². The lowest BCUT2D eigenvalue weighted by atomic mass is 10.2. The second-order valence-corrected chi connectivity index (χ2v) is 5.34. The van der Waals surface area contributed by atoms with Gasteiger partial charge in [0.1, 0.15) is 12.0 Å². The van der Waals surface area contributed by atoms with E-state index >= 15 is 0 Å². The molecule has 0 aliphatic heterocycles. The molecule has 0 aliphatic carbocycles. The normalized spacial score (nSPS) is 10.4. The zero-order chi connectivity index (χ0) is 10.1. The molecule has 2 aromatic heterocycles. The van der Waals surface area contributed by atoms with E-state index in [4.69, 9.17) is 4.42 Å². The van der Waals surface area contributed by atoms with Gasteiger partial charge in [0.15, 0.2) is 0 Å². The number of aryl methyl sites for hydroxylation is 1. The summed E-state index contributed by atoms with van der Waals surface area (Å²) in [6.45, 7) is 1.82. The molecule has 2 rings (SSSR count). The zero-order valence-corrected chi connectivity index (χ0v) is 9.81. The number of halogens is 1. The third-order valence-electron chi connectivity index (χ3n) is 1.79. The Morgan fingerprint density at radius 1 is 1.50 bits per heavy atom. The largest absolute Gasteiger partial charge is 0.469 e. The Morgan fingerprint density at radius 3 is 2.79 bits per heavy atom. The lowest BCUT2D eigenvalue weighted by Gasteiger charge is -1.89. The molecule has 0 atom stereocenters. The highest BCUT2D eigenvalue weighted by molar-refractivity contribution is 9.11. The Morgan fingerprint density at radius 2 is 2.29 bits per heavy atom. The van der Waals surface area contributed by atoms with Crippen molar-refractivity contribution in [3.05, 3.63) is 44.4 Å². The van der Waals surface area contributed by atoms with Crippen molar-refractivity contribution in [3.8, 4) is 0 Å². The maximum Gasteiger partial charge on any atom is 0.206 e. The molecule has 72 valence electrons. The van der Waals surface area contributed by atoms with Crippen LogP contribution in [0.15, 0.2) is 32.7 Å². The first-order valence-electron chi connectivity index (χ1n) is 4.02. The van der Waals surface area contributed by atoms with E-state index in [-0.39, 0.29) is 5.78 Å². The molecule has 0 spiro atoms. The molecule has 0 aliphatic rings. The molecule has 0 fully saturated rings. The lowest BCUT2D eigenvalue weighted by Crippen LogP contribution is -1.95. The molecule has 0 N–H and O–H groups in total.